The van der Waals surface area contributed by atoms with Gasteiger partial charge in [-0.3, -0.25) is 4.79 Å². The van der Waals surface area contributed by atoms with Gasteiger partial charge in [0.05, 0.1) is 17.0 Å². The van der Waals surface area contributed by atoms with E-state index in [2.05, 4.69) is 10.0 Å². The summed E-state index contributed by atoms with van der Waals surface area (Å²) >= 11 is 0. The summed E-state index contributed by atoms with van der Waals surface area (Å²) in [6.45, 7) is 6.63. The molecule has 0 bridgehead atoms. The lowest BCUT2D eigenvalue weighted by molar-refractivity contribution is 0.0773. The molecule has 1 saturated heterocycles. The Morgan fingerprint density at radius 3 is 2.37 bits per heavy atom. The zero-order valence-electron chi connectivity index (χ0n) is 16.2. The summed E-state index contributed by atoms with van der Waals surface area (Å²) in [5.74, 6) is -0.0962. The monoisotopic (exact) mass is 419 g/mol. The topological polar surface area (TPSA) is 87.7 Å². The molecule has 1 heterocycles. The van der Waals surface area contributed by atoms with Crippen molar-refractivity contribution >= 4 is 28.3 Å². The summed E-state index contributed by atoms with van der Waals surface area (Å²) in [5, 5.41) is 3.34. The molecule has 1 aromatic carbocycles. The maximum atomic E-state index is 12.6. The minimum atomic E-state index is -3.65. The summed E-state index contributed by atoms with van der Waals surface area (Å²) in [5.41, 5.74) is 0.126. The van der Waals surface area contributed by atoms with E-state index in [-0.39, 0.29) is 35.3 Å². The SMILES string of the molecule is CCN(CC)C(=O)c1ccc(S(=O)(=O)NCC2(COC)CCCN2)cc1.Cl. The highest BCUT2D eigenvalue weighted by molar-refractivity contribution is 7.89. The summed E-state index contributed by atoms with van der Waals surface area (Å²) in [6.07, 6.45) is 1.86. The molecule has 1 fully saturated rings. The first-order valence-electron chi connectivity index (χ1n) is 9.00. The van der Waals surface area contributed by atoms with E-state index in [9.17, 15) is 13.2 Å². The van der Waals surface area contributed by atoms with Gasteiger partial charge in [-0.2, -0.15) is 0 Å². The van der Waals surface area contributed by atoms with Crippen LogP contribution in [0.5, 0.6) is 0 Å². The molecule has 2 N–H and O–H groups in total. The zero-order valence-corrected chi connectivity index (χ0v) is 17.8. The molecule has 0 spiro atoms. The molecular formula is C18H30ClN3O4S. The average Bonchev–Trinajstić information content (AvgIpc) is 3.10. The van der Waals surface area contributed by atoms with Crippen LogP contribution in [-0.4, -0.2) is 64.7 Å². The van der Waals surface area contributed by atoms with Crippen molar-refractivity contribution in [2.45, 2.75) is 37.1 Å². The number of halogens is 1. The number of rotatable bonds is 9. The van der Waals surface area contributed by atoms with E-state index in [1.54, 1.807) is 24.1 Å². The fourth-order valence-corrected chi connectivity index (χ4v) is 4.38. The lowest BCUT2D eigenvalue weighted by Crippen LogP contribution is -2.52. The van der Waals surface area contributed by atoms with Crippen molar-refractivity contribution in [3.05, 3.63) is 29.8 Å². The molecular weight excluding hydrogens is 390 g/mol. The van der Waals surface area contributed by atoms with Crippen LogP contribution in [0.15, 0.2) is 29.2 Å². The number of carbonyl (C=O) groups excluding carboxylic acids is 1. The number of methoxy groups -OCH3 is 1. The summed E-state index contributed by atoms with van der Waals surface area (Å²) in [4.78, 5) is 14.2. The largest absolute Gasteiger partial charge is 0.383 e. The van der Waals surface area contributed by atoms with Crippen molar-refractivity contribution in [3.63, 3.8) is 0 Å². The number of ether oxygens (including phenoxy) is 1. The van der Waals surface area contributed by atoms with Gasteiger partial charge >= 0.3 is 0 Å². The van der Waals surface area contributed by atoms with Gasteiger partial charge in [-0.05, 0) is 57.5 Å². The van der Waals surface area contributed by atoms with Crippen LogP contribution in [-0.2, 0) is 14.8 Å². The van der Waals surface area contributed by atoms with Crippen LogP contribution < -0.4 is 10.0 Å². The van der Waals surface area contributed by atoms with Crippen molar-refractivity contribution in [2.75, 3.05) is 39.9 Å². The number of hydrogen-bond acceptors (Lipinski definition) is 5. The number of nitrogens with one attached hydrogen (secondary N) is 2. The molecule has 1 aliphatic heterocycles. The number of hydrogen-bond donors (Lipinski definition) is 2. The van der Waals surface area contributed by atoms with Gasteiger partial charge in [0.2, 0.25) is 10.0 Å². The highest BCUT2D eigenvalue weighted by Gasteiger charge is 2.34. The van der Waals surface area contributed by atoms with Crippen molar-refractivity contribution in [2.24, 2.45) is 0 Å². The van der Waals surface area contributed by atoms with E-state index < -0.39 is 10.0 Å². The summed E-state index contributed by atoms with van der Waals surface area (Å²) in [7, 11) is -2.04. The van der Waals surface area contributed by atoms with E-state index in [1.807, 2.05) is 13.8 Å². The lowest BCUT2D eigenvalue weighted by Gasteiger charge is -2.28. The van der Waals surface area contributed by atoms with Crippen molar-refractivity contribution in [1.82, 2.24) is 14.9 Å². The molecule has 2 rings (SSSR count). The lowest BCUT2D eigenvalue weighted by atomic mass is 9.99. The van der Waals surface area contributed by atoms with Gasteiger partial charge in [0, 0.05) is 32.3 Å². The highest BCUT2D eigenvalue weighted by Crippen LogP contribution is 2.20. The first kappa shape index (κ1) is 23.8. The van der Waals surface area contributed by atoms with E-state index in [1.165, 1.54) is 12.1 Å². The van der Waals surface area contributed by atoms with Gasteiger partial charge in [-0.15, -0.1) is 12.4 Å². The molecule has 0 radical (unpaired) electrons. The van der Waals surface area contributed by atoms with Gasteiger partial charge in [0.15, 0.2) is 0 Å². The van der Waals surface area contributed by atoms with Crippen LogP contribution in [0.2, 0.25) is 0 Å². The summed E-state index contributed by atoms with van der Waals surface area (Å²) < 4.78 is 33.1. The standard InChI is InChI=1S/C18H29N3O4S.ClH/c1-4-21(5-2)17(22)15-7-9-16(10-8-15)26(23,24)20-13-18(14-25-3)11-6-12-19-18;/h7-10,19-20H,4-6,11-14H2,1-3H3;1H. The van der Waals surface area contributed by atoms with E-state index in [0.29, 0.717) is 25.3 Å². The fraction of sp³-hybridized carbons (Fsp3) is 0.611. The molecule has 1 aliphatic rings. The Labute approximate surface area is 168 Å². The van der Waals surface area contributed by atoms with Crippen LogP contribution in [0.4, 0.5) is 0 Å². The van der Waals surface area contributed by atoms with E-state index >= 15 is 0 Å². The smallest absolute Gasteiger partial charge is 0.253 e. The molecule has 0 aliphatic carbocycles. The first-order chi connectivity index (χ1) is 12.4. The number of sulfonamides is 1. The van der Waals surface area contributed by atoms with Gasteiger partial charge in [-0.25, -0.2) is 13.1 Å². The Balaban J connectivity index is 0.00000364. The first-order valence-corrected chi connectivity index (χ1v) is 10.5. The van der Waals surface area contributed by atoms with E-state index in [4.69, 9.17) is 4.74 Å². The van der Waals surface area contributed by atoms with Crippen LogP contribution in [0.3, 0.4) is 0 Å². The molecule has 0 aromatic heterocycles. The Morgan fingerprint density at radius 1 is 1.26 bits per heavy atom. The maximum absolute atomic E-state index is 12.6. The number of nitrogens with zero attached hydrogens (tertiary/aromatic N) is 1. The molecule has 27 heavy (non-hydrogen) atoms. The molecule has 7 nitrogen and oxygen atoms in total. The fourth-order valence-electron chi connectivity index (χ4n) is 3.26. The quantitative estimate of drug-likeness (QED) is 0.635. The Morgan fingerprint density at radius 2 is 1.89 bits per heavy atom. The minimum Gasteiger partial charge on any atom is -0.383 e. The van der Waals surface area contributed by atoms with Crippen LogP contribution >= 0.6 is 12.4 Å². The Kier molecular flexibility index (Phi) is 9.17. The molecule has 9 heteroatoms. The van der Waals surface area contributed by atoms with Gasteiger partial charge < -0.3 is 15.0 Å². The van der Waals surface area contributed by atoms with Gasteiger partial charge in [0.1, 0.15) is 0 Å². The number of amides is 1. The van der Waals surface area contributed by atoms with Crippen molar-refractivity contribution < 1.29 is 17.9 Å². The molecule has 154 valence electrons. The van der Waals surface area contributed by atoms with Crippen LogP contribution in [0.1, 0.15) is 37.0 Å². The predicted molar refractivity (Wildman–Crippen MR) is 108 cm³/mol. The van der Waals surface area contributed by atoms with E-state index in [0.717, 1.165) is 19.4 Å². The zero-order chi connectivity index (χ0) is 19.2. The highest BCUT2D eigenvalue weighted by atomic mass is 35.5. The average molecular weight is 420 g/mol. The summed E-state index contributed by atoms with van der Waals surface area (Å²) in [6, 6.07) is 6.08. The third-order valence-electron chi connectivity index (χ3n) is 4.82. The minimum absolute atomic E-state index is 0. The second kappa shape index (κ2) is 10.4. The Hall–Kier alpha value is -1.19. The van der Waals surface area contributed by atoms with Crippen molar-refractivity contribution in [1.29, 1.82) is 0 Å². The number of benzene rings is 1. The molecule has 1 aromatic rings. The molecule has 1 unspecified atom stereocenters. The third kappa shape index (κ3) is 5.89. The third-order valence-corrected chi connectivity index (χ3v) is 6.23. The number of carbonyl (C=O) groups is 1. The normalized spacial score (nSPS) is 19.5. The second-order valence-electron chi connectivity index (χ2n) is 6.57. The Bertz CT molecular complexity index is 700. The van der Waals surface area contributed by atoms with Crippen molar-refractivity contribution in [3.8, 4) is 0 Å². The molecule has 1 atom stereocenters. The maximum Gasteiger partial charge on any atom is 0.253 e. The van der Waals surface area contributed by atoms with Crippen LogP contribution in [0, 0.1) is 0 Å². The van der Waals surface area contributed by atoms with Gasteiger partial charge in [0.25, 0.3) is 5.91 Å². The molecule has 1 amide bonds. The molecule has 0 saturated carbocycles. The van der Waals surface area contributed by atoms with Gasteiger partial charge in [-0.1, -0.05) is 0 Å². The van der Waals surface area contributed by atoms with Crippen LogP contribution in [0.25, 0.3) is 0 Å². The second-order valence-corrected chi connectivity index (χ2v) is 8.34. The predicted octanol–water partition coefficient (Wildman–Crippen LogP) is 1.64.